The highest BCUT2D eigenvalue weighted by Crippen LogP contribution is 2.41. The lowest BCUT2D eigenvalue weighted by molar-refractivity contribution is -0.140. The van der Waals surface area contributed by atoms with Crippen LogP contribution in [0, 0.1) is 5.92 Å². The number of thiazole rings is 1. The van der Waals surface area contributed by atoms with Gasteiger partial charge in [-0.1, -0.05) is 0 Å². The smallest absolute Gasteiger partial charge is 0.434 e. The minimum absolute atomic E-state index is 0.0164. The van der Waals surface area contributed by atoms with Gasteiger partial charge in [-0.3, -0.25) is 15.5 Å². The molecule has 208 valence electrons. The summed E-state index contributed by atoms with van der Waals surface area (Å²) in [6, 6.07) is 2.33. The zero-order valence-corrected chi connectivity index (χ0v) is 21.6. The predicted octanol–water partition coefficient (Wildman–Crippen LogP) is 3.84. The number of nitrogens with zero attached hydrogens (tertiary/aromatic N) is 3. The minimum Gasteiger partial charge on any atom is -0.477 e. The van der Waals surface area contributed by atoms with Gasteiger partial charge < -0.3 is 14.8 Å². The molecule has 0 unspecified atom stereocenters. The van der Waals surface area contributed by atoms with Gasteiger partial charge in [-0.15, -0.1) is 11.3 Å². The third-order valence-corrected chi connectivity index (χ3v) is 6.71. The number of aromatic nitrogens is 3. The highest BCUT2D eigenvalue weighted by molar-refractivity contribution is 7.13. The van der Waals surface area contributed by atoms with Crippen LogP contribution in [-0.2, 0) is 10.9 Å². The van der Waals surface area contributed by atoms with E-state index in [1.165, 1.54) is 24.5 Å². The fourth-order valence-electron chi connectivity index (χ4n) is 3.84. The second-order valence-electron chi connectivity index (χ2n) is 8.55. The number of ether oxygens (including phenoxy) is 2. The number of nitrogen functional groups attached to an aromatic ring is 1. The van der Waals surface area contributed by atoms with Crippen molar-refractivity contribution in [3.8, 4) is 27.6 Å². The minimum atomic E-state index is -4.65. The maximum atomic E-state index is 13.4. The number of hydrogen-bond donors (Lipinski definition) is 4. The van der Waals surface area contributed by atoms with Gasteiger partial charge in [0.05, 0.1) is 12.2 Å². The van der Waals surface area contributed by atoms with Gasteiger partial charge in [0.1, 0.15) is 10.8 Å². The molecule has 4 rings (SSSR count). The first-order valence-electron chi connectivity index (χ1n) is 12.0. The van der Waals surface area contributed by atoms with Gasteiger partial charge in [-0.25, -0.2) is 25.6 Å². The van der Waals surface area contributed by atoms with E-state index in [-0.39, 0.29) is 33.8 Å². The first-order valence-corrected chi connectivity index (χ1v) is 12.9. The van der Waals surface area contributed by atoms with Crippen LogP contribution in [-0.4, -0.2) is 53.3 Å². The number of rotatable bonds is 8. The molecule has 1 fully saturated rings. The summed E-state index contributed by atoms with van der Waals surface area (Å²) in [7, 11) is 0. The van der Waals surface area contributed by atoms with Crippen molar-refractivity contribution >= 4 is 29.1 Å². The number of hydrazine groups is 1. The van der Waals surface area contributed by atoms with E-state index in [1.54, 1.807) is 6.92 Å². The normalized spacial score (nSPS) is 14.1. The van der Waals surface area contributed by atoms with E-state index in [0.717, 1.165) is 29.6 Å². The Labute approximate surface area is 225 Å². The Morgan fingerprint density at radius 1 is 1.15 bits per heavy atom. The maximum absolute atomic E-state index is 13.4. The molecule has 3 aromatic heterocycles. The molecule has 0 spiro atoms. The Morgan fingerprint density at radius 2 is 1.92 bits per heavy atom. The number of alkyl halides is 3. The lowest BCUT2D eigenvalue weighted by atomic mass is 10.0. The van der Waals surface area contributed by atoms with Gasteiger partial charge in [0.2, 0.25) is 5.88 Å². The molecule has 0 radical (unpaired) electrons. The van der Waals surface area contributed by atoms with Crippen molar-refractivity contribution in [1.82, 2.24) is 25.7 Å². The molecule has 0 bridgehead atoms. The zero-order chi connectivity index (χ0) is 28.0. The molecule has 1 aliphatic heterocycles. The molecule has 11 nitrogen and oxygen atoms in total. The summed E-state index contributed by atoms with van der Waals surface area (Å²) in [5.41, 5.74) is 1.87. The van der Waals surface area contributed by atoms with Crippen molar-refractivity contribution in [2.75, 3.05) is 31.7 Å². The summed E-state index contributed by atoms with van der Waals surface area (Å²) in [4.78, 5) is 36.7. The number of amides is 3. The Kier molecular flexibility index (Phi) is 8.93. The van der Waals surface area contributed by atoms with Crippen molar-refractivity contribution in [1.29, 1.82) is 0 Å². The molecular weight excluding hydrogens is 539 g/mol. The van der Waals surface area contributed by atoms with Gasteiger partial charge in [0, 0.05) is 54.2 Å². The van der Waals surface area contributed by atoms with Gasteiger partial charge in [-0.2, -0.15) is 13.2 Å². The molecule has 15 heteroatoms. The number of pyridine rings is 2. The van der Waals surface area contributed by atoms with E-state index >= 15 is 0 Å². The van der Waals surface area contributed by atoms with Crippen molar-refractivity contribution < 1.29 is 32.2 Å². The van der Waals surface area contributed by atoms with Crippen molar-refractivity contribution in [3.05, 3.63) is 41.2 Å². The number of hydrogen-bond acceptors (Lipinski definition) is 9. The number of carbonyl (C=O) groups is 2. The fraction of sp³-hybridized carbons (Fsp3) is 0.375. The molecule has 4 heterocycles. The Bertz CT molecular complexity index is 1330. The summed E-state index contributed by atoms with van der Waals surface area (Å²) in [5, 5.41) is 6.02. The number of urea groups is 1. The third-order valence-electron chi connectivity index (χ3n) is 5.84. The first-order chi connectivity index (χ1) is 18.7. The number of nitrogens with two attached hydrogens (primary N) is 1. The Morgan fingerprint density at radius 3 is 2.59 bits per heavy atom. The third kappa shape index (κ3) is 6.99. The number of halogens is 3. The van der Waals surface area contributed by atoms with Gasteiger partial charge in [-0.05, 0) is 37.8 Å². The van der Waals surface area contributed by atoms with Crippen LogP contribution in [0.2, 0.25) is 0 Å². The number of anilines is 1. The monoisotopic (exact) mass is 565 g/mol. The lowest BCUT2D eigenvalue weighted by Crippen LogP contribution is -2.30. The molecule has 5 N–H and O–H groups in total. The Balaban J connectivity index is 1.81. The molecule has 1 saturated heterocycles. The van der Waals surface area contributed by atoms with Crippen LogP contribution >= 0.6 is 11.3 Å². The van der Waals surface area contributed by atoms with Gasteiger partial charge >= 0.3 is 12.2 Å². The van der Waals surface area contributed by atoms with Gasteiger partial charge in [0.15, 0.2) is 5.69 Å². The van der Waals surface area contributed by atoms with E-state index in [9.17, 15) is 22.8 Å². The topological polar surface area (TPSA) is 153 Å². The van der Waals surface area contributed by atoms with E-state index in [1.807, 2.05) is 5.43 Å². The van der Waals surface area contributed by atoms with Crippen LogP contribution in [0.5, 0.6) is 5.88 Å². The number of carbonyl (C=O) groups excluding carboxylic acids is 2. The number of nitrogens with one attached hydrogen (secondary N) is 3. The zero-order valence-electron chi connectivity index (χ0n) is 20.8. The summed E-state index contributed by atoms with van der Waals surface area (Å²) in [5.74, 6) is 5.12. The molecule has 3 aromatic rings. The highest BCUT2D eigenvalue weighted by Gasteiger charge is 2.34. The molecule has 1 aliphatic rings. The fourth-order valence-corrected chi connectivity index (χ4v) is 4.70. The molecule has 0 atom stereocenters. The van der Waals surface area contributed by atoms with Crippen LogP contribution < -0.4 is 26.6 Å². The summed E-state index contributed by atoms with van der Waals surface area (Å²) < 4.78 is 51.5. The molecule has 0 saturated carbocycles. The lowest BCUT2D eigenvalue weighted by Gasteiger charge is -2.22. The van der Waals surface area contributed by atoms with Crippen molar-refractivity contribution in [2.24, 2.45) is 11.8 Å². The standard InChI is InChI=1S/C24H26F3N7O4S/c1-2-29-23(36)33-19-8-16(22-32-18(12-39-22)24(25,26)27)17(10-30-19)15-7-14(20(35)34-28)9-31-21(15)38-11-13-3-5-37-6-4-13/h7-10,12-13H,2-6,11,28H2,1H3,(H,34,35)(H2,29,30,33,36). The summed E-state index contributed by atoms with van der Waals surface area (Å²) in [6.45, 7) is 3.64. The predicted molar refractivity (Wildman–Crippen MR) is 137 cm³/mol. The Hall–Kier alpha value is -3.82. The average Bonchev–Trinajstić information content (AvgIpc) is 3.43. The molecule has 0 aliphatic carbocycles. The second kappa shape index (κ2) is 12.4. The molecule has 39 heavy (non-hydrogen) atoms. The highest BCUT2D eigenvalue weighted by atomic mass is 32.1. The van der Waals surface area contributed by atoms with Crippen molar-refractivity contribution in [2.45, 2.75) is 25.9 Å². The van der Waals surface area contributed by atoms with Crippen LogP contribution in [0.25, 0.3) is 21.7 Å². The molecule has 3 amide bonds. The summed E-state index contributed by atoms with van der Waals surface area (Å²) in [6.07, 6.45) is -0.407. The van der Waals surface area contributed by atoms with Crippen LogP contribution in [0.15, 0.2) is 29.9 Å². The van der Waals surface area contributed by atoms with E-state index in [4.69, 9.17) is 15.3 Å². The molecule has 0 aromatic carbocycles. The average molecular weight is 566 g/mol. The quantitative estimate of drug-likeness (QED) is 0.183. The van der Waals surface area contributed by atoms with Crippen LogP contribution in [0.3, 0.4) is 0 Å². The van der Waals surface area contributed by atoms with E-state index in [0.29, 0.717) is 37.5 Å². The van der Waals surface area contributed by atoms with E-state index in [2.05, 4.69) is 25.6 Å². The van der Waals surface area contributed by atoms with Crippen LogP contribution in [0.4, 0.5) is 23.8 Å². The largest absolute Gasteiger partial charge is 0.477 e. The second-order valence-corrected chi connectivity index (χ2v) is 9.41. The molecular formula is C24H26F3N7O4S. The SMILES string of the molecule is CCNC(=O)Nc1cc(-c2nc(C(F)(F)F)cs2)c(-c2cc(C(=O)NN)cnc2OCC2CCOCC2)cn1. The maximum Gasteiger partial charge on any atom is 0.434 e. The first kappa shape index (κ1) is 28.2. The van der Waals surface area contributed by atoms with Crippen LogP contribution in [0.1, 0.15) is 35.8 Å². The summed E-state index contributed by atoms with van der Waals surface area (Å²) >= 11 is 0.772. The van der Waals surface area contributed by atoms with Crippen molar-refractivity contribution in [3.63, 3.8) is 0 Å². The van der Waals surface area contributed by atoms with Gasteiger partial charge in [0.25, 0.3) is 5.91 Å². The van der Waals surface area contributed by atoms with E-state index < -0.39 is 23.8 Å².